The average molecular weight is 372 g/mol. The molecule has 0 radical (unpaired) electrons. The normalized spacial score (nSPS) is 12.0. The number of rotatable bonds is 2. The largest absolute Gasteiger partial charge is 0.508 e. The third-order valence-corrected chi connectivity index (χ3v) is 4.53. The summed E-state index contributed by atoms with van der Waals surface area (Å²) in [7, 11) is 0. The fraction of sp³-hybridized carbons (Fsp3) is 0.150. The zero-order valence-corrected chi connectivity index (χ0v) is 14.5. The lowest BCUT2D eigenvalue weighted by molar-refractivity contribution is -0.137. The first kappa shape index (κ1) is 17.2. The molecule has 0 saturated heterocycles. The molecule has 0 amide bonds. The van der Waals surface area contributed by atoms with Crippen molar-refractivity contribution in [1.82, 2.24) is 9.72 Å². The SMILES string of the molecule is Cc1noc(C)c1-c1cc2ccc(C(F)(F)F)cc2n1-c1ccc(O)cc1. The molecule has 0 atom stereocenters. The summed E-state index contributed by atoms with van der Waals surface area (Å²) in [6.45, 7) is 3.54. The maximum Gasteiger partial charge on any atom is 0.416 e. The average Bonchev–Trinajstić information content (AvgIpc) is 3.14. The van der Waals surface area contributed by atoms with E-state index in [0.717, 1.165) is 17.7 Å². The molecule has 1 N–H and O–H groups in total. The summed E-state index contributed by atoms with van der Waals surface area (Å²) in [6.07, 6.45) is -4.44. The van der Waals surface area contributed by atoms with Crippen LogP contribution in [0.1, 0.15) is 17.0 Å². The Bertz CT molecular complexity index is 1120. The number of hydrogen-bond acceptors (Lipinski definition) is 3. The van der Waals surface area contributed by atoms with E-state index in [4.69, 9.17) is 4.52 Å². The topological polar surface area (TPSA) is 51.2 Å². The number of fused-ring (bicyclic) bond motifs is 1. The van der Waals surface area contributed by atoms with Gasteiger partial charge in [-0.25, -0.2) is 0 Å². The fourth-order valence-electron chi connectivity index (χ4n) is 3.29. The maximum absolute atomic E-state index is 13.2. The first-order valence-corrected chi connectivity index (χ1v) is 8.21. The van der Waals surface area contributed by atoms with Gasteiger partial charge in [0.15, 0.2) is 0 Å². The van der Waals surface area contributed by atoms with Gasteiger partial charge in [0.2, 0.25) is 0 Å². The van der Waals surface area contributed by atoms with E-state index >= 15 is 0 Å². The van der Waals surface area contributed by atoms with E-state index in [1.807, 2.05) is 6.07 Å². The molecule has 0 bridgehead atoms. The highest BCUT2D eigenvalue weighted by Gasteiger charge is 2.31. The number of benzene rings is 2. The lowest BCUT2D eigenvalue weighted by Crippen LogP contribution is -2.05. The minimum Gasteiger partial charge on any atom is -0.508 e. The molecule has 2 aromatic heterocycles. The lowest BCUT2D eigenvalue weighted by atomic mass is 10.1. The molecule has 0 fully saturated rings. The zero-order valence-electron chi connectivity index (χ0n) is 14.5. The number of aromatic nitrogens is 2. The van der Waals surface area contributed by atoms with Crippen LogP contribution in [-0.4, -0.2) is 14.8 Å². The summed E-state index contributed by atoms with van der Waals surface area (Å²) in [5.41, 5.74) is 2.35. The van der Waals surface area contributed by atoms with Crippen LogP contribution in [0.5, 0.6) is 5.75 Å². The second kappa shape index (κ2) is 5.90. The monoisotopic (exact) mass is 372 g/mol. The molecule has 7 heteroatoms. The molecule has 0 unspecified atom stereocenters. The van der Waals surface area contributed by atoms with Gasteiger partial charge in [-0.05, 0) is 56.3 Å². The molecule has 0 saturated carbocycles. The molecule has 0 spiro atoms. The Labute approximate surface area is 152 Å². The van der Waals surface area contributed by atoms with Crippen molar-refractivity contribution in [2.75, 3.05) is 0 Å². The van der Waals surface area contributed by atoms with Crippen molar-refractivity contribution in [1.29, 1.82) is 0 Å². The van der Waals surface area contributed by atoms with Gasteiger partial charge in [0.05, 0.1) is 28.0 Å². The van der Waals surface area contributed by atoms with Crippen LogP contribution in [0.25, 0.3) is 27.8 Å². The number of aryl methyl sites for hydroxylation is 2. The zero-order chi connectivity index (χ0) is 19.3. The first-order valence-electron chi connectivity index (χ1n) is 8.21. The number of phenolic OH excluding ortho intramolecular Hbond substituents is 1. The Morgan fingerprint density at radius 3 is 2.30 bits per heavy atom. The highest BCUT2D eigenvalue weighted by Crippen LogP contribution is 2.38. The molecule has 0 aliphatic carbocycles. The van der Waals surface area contributed by atoms with Gasteiger partial charge in [0, 0.05) is 11.1 Å². The van der Waals surface area contributed by atoms with Gasteiger partial charge in [-0.2, -0.15) is 13.2 Å². The van der Waals surface area contributed by atoms with E-state index < -0.39 is 11.7 Å². The van der Waals surface area contributed by atoms with Crippen molar-refractivity contribution in [3.05, 3.63) is 65.5 Å². The molecule has 4 aromatic rings. The highest BCUT2D eigenvalue weighted by atomic mass is 19.4. The Hall–Kier alpha value is -3.22. The van der Waals surface area contributed by atoms with Crippen molar-refractivity contribution in [3.8, 4) is 22.7 Å². The molecule has 2 heterocycles. The molecule has 2 aromatic carbocycles. The van der Waals surface area contributed by atoms with Crippen molar-refractivity contribution in [2.24, 2.45) is 0 Å². The van der Waals surface area contributed by atoms with Crippen molar-refractivity contribution >= 4 is 10.9 Å². The third kappa shape index (κ3) is 2.85. The molecule has 4 rings (SSSR count). The van der Waals surface area contributed by atoms with Gasteiger partial charge >= 0.3 is 6.18 Å². The molecule has 138 valence electrons. The van der Waals surface area contributed by atoms with Gasteiger partial charge in [-0.1, -0.05) is 11.2 Å². The lowest BCUT2D eigenvalue weighted by Gasteiger charge is -2.12. The third-order valence-electron chi connectivity index (χ3n) is 4.53. The van der Waals surface area contributed by atoms with Gasteiger partial charge in [-0.3, -0.25) is 0 Å². The van der Waals surface area contributed by atoms with E-state index in [2.05, 4.69) is 5.16 Å². The number of nitrogens with zero attached hydrogens (tertiary/aromatic N) is 2. The van der Waals surface area contributed by atoms with Crippen LogP contribution in [0, 0.1) is 13.8 Å². The van der Waals surface area contributed by atoms with Gasteiger partial charge in [-0.15, -0.1) is 0 Å². The summed E-state index contributed by atoms with van der Waals surface area (Å²) < 4.78 is 46.7. The van der Waals surface area contributed by atoms with E-state index in [0.29, 0.717) is 33.7 Å². The van der Waals surface area contributed by atoms with Crippen LogP contribution < -0.4 is 0 Å². The van der Waals surface area contributed by atoms with Crippen LogP contribution in [0.3, 0.4) is 0 Å². The second-order valence-electron chi connectivity index (χ2n) is 6.35. The van der Waals surface area contributed by atoms with Crippen molar-refractivity contribution < 1.29 is 22.8 Å². The van der Waals surface area contributed by atoms with E-state index in [-0.39, 0.29) is 5.75 Å². The van der Waals surface area contributed by atoms with Crippen LogP contribution in [0.15, 0.2) is 53.1 Å². The predicted octanol–water partition coefficient (Wildman–Crippen LogP) is 5.63. The second-order valence-corrected chi connectivity index (χ2v) is 6.35. The smallest absolute Gasteiger partial charge is 0.416 e. The van der Waals surface area contributed by atoms with Crippen LogP contribution >= 0.6 is 0 Å². The number of aromatic hydroxyl groups is 1. The van der Waals surface area contributed by atoms with Gasteiger partial charge < -0.3 is 14.2 Å². The van der Waals surface area contributed by atoms with Crippen LogP contribution in [0.2, 0.25) is 0 Å². The molecule has 27 heavy (non-hydrogen) atoms. The molecular formula is C20H15F3N2O2. The Morgan fingerprint density at radius 1 is 1.00 bits per heavy atom. The highest BCUT2D eigenvalue weighted by molar-refractivity contribution is 5.90. The van der Waals surface area contributed by atoms with Crippen LogP contribution in [-0.2, 0) is 6.18 Å². The van der Waals surface area contributed by atoms with Crippen molar-refractivity contribution in [3.63, 3.8) is 0 Å². The summed E-state index contributed by atoms with van der Waals surface area (Å²) >= 11 is 0. The number of halogens is 3. The number of hydrogen-bond donors (Lipinski definition) is 1. The summed E-state index contributed by atoms with van der Waals surface area (Å²) in [5, 5.41) is 14.2. The predicted molar refractivity (Wildman–Crippen MR) is 94.9 cm³/mol. The number of alkyl halides is 3. The Kier molecular flexibility index (Phi) is 3.76. The van der Waals surface area contributed by atoms with E-state index in [1.54, 1.807) is 30.5 Å². The Balaban J connectivity index is 2.08. The van der Waals surface area contributed by atoms with E-state index in [1.165, 1.54) is 18.2 Å². The quantitative estimate of drug-likeness (QED) is 0.496. The van der Waals surface area contributed by atoms with Gasteiger partial charge in [0.25, 0.3) is 0 Å². The summed E-state index contributed by atoms with van der Waals surface area (Å²) in [6, 6.07) is 11.8. The standard InChI is InChI=1S/C20H15F3N2O2/c1-11-19(12(2)27-24-11)18-9-13-3-4-14(20(21,22)23)10-17(13)25(18)15-5-7-16(26)8-6-15/h3-10,26H,1-2H3. The minimum absolute atomic E-state index is 0.0741. The molecular weight excluding hydrogens is 357 g/mol. The molecule has 0 aliphatic rings. The minimum atomic E-state index is -4.44. The molecule has 0 aliphatic heterocycles. The maximum atomic E-state index is 13.2. The molecule has 4 nitrogen and oxygen atoms in total. The first-order chi connectivity index (χ1) is 12.8. The van der Waals surface area contributed by atoms with Crippen LogP contribution in [0.4, 0.5) is 13.2 Å². The number of phenols is 1. The summed E-state index contributed by atoms with van der Waals surface area (Å²) in [5.74, 6) is 0.650. The van der Waals surface area contributed by atoms with E-state index in [9.17, 15) is 18.3 Å². The van der Waals surface area contributed by atoms with Gasteiger partial charge in [0.1, 0.15) is 11.5 Å². The fourth-order valence-corrected chi connectivity index (χ4v) is 3.29. The Morgan fingerprint density at radius 2 is 1.70 bits per heavy atom. The van der Waals surface area contributed by atoms with Crippen molar-refractivity contribution in [2.45, 2.75) is 20.0 Å². The summed E-state index contributed by atoms with van der Waals surface area (Å²) in [4.78, 5) is 0.